The second kappa shape index (κ2) is 12.5. The third-order valence-electron chi connectivity index (χ3n) is 12.4. The first kappa shape index (κ1) is 33.3. The van der Waals surface area contributed by atoms with Gasteiger partial charge >= 0.3 is 0 Å². The Balaban J connectivity index is 1.16. The summed E-state index contributed by atoms with van der Waals surface area (Å²) in [6.07, 6.45) is 0. The molecule has 14 rings (SSSR count). The maximum absolute atomic E-state index is 6.63. The molecule has 0 saturated carbocycles. The van der Waals surface area contributed by atoms with Crippen molar-refractivity contribution < 1.29 is 13.3 Å². The number of hydrogen-bond acceptors (Lipinski definition) is 6. The van der Waals surface area contributed by atoms with Gasteiger partial charge in [0, 0.05) is 54.2 Å². The molecule has 7 heteroatoms. The predicted molar refractivity (Wildman–Crippen MR) is 250 cm³/mol. The molecule has 0 atom stereocenters. The number of fused-ring (bicyclic) bond motifs is 13. The summed E-state index contributed by atoms with van der Waals surface area (Å²) in [5.41, 5.74) is 10.2. The van der Waals surface area contributed by atoms with E-state index >= 15 is 0 Å². The molecular formula is C55H30N4O3. The lowest BCUT2D eigenvalue weighted by Gasteiger charge is -2.16. The second-order valence-electron chi connectivity index (χ2n) is 15.9. The average Bonchev–Trinajstić information content (AvgIpc) is 4.09. The quantitative estimate of drug-likeness (QED) is 0.176. The van der Waals surface area contributed by atoms with Crippen LogP contribution in [-0.4, -0.2) is 19.5 Å². The fourth-order valence-electron chi connectivity index (χ4n) is 9.78. The first-order valence-electron chi connectivity index (χ1n) is 20.7. The van der Waals surface area contributed by atoms with Gasteiger partial charge in [0.05, 0.1) is 22.3 Å². The molecule has 288 valence electrons. The van der Waals surface area contributed by atoms with E-state index < -0.39 is 0 Å². The molecule has 0 aliphatic carbocycles. The lowest BCUT2D eigenvalue weighted by molar-refractivity contribution is 0.668. The number of rotatable bonds is 4. The van der Waals surface area contributed by atoms with Gasteiger partial charge < -0.3 is 17.8 Å². The van der Waals surface area contributed by atoms with Crippen LogP contribution in [0.5, 0.6) is 0 Å². The van der Waals surface area contributed by atoms with E-state index in [4.69, 9.17) is 28.2 Å². The Morgan fingerprint density at radius 2 is 0.790 bits per heavy atom. The third kappa shape index (κ3) is 4.67. The van der Waals surface area contributed by atoms with Crippen molar-refractivity contribution in [2.24, 2.45) is 0 Å². The van der Waals surface area contributed by atoms with Gasteiger partial charge in [-0.15, -0.1) is 0 Å². The SMILES string of the molecule is c1ccc2cc3c(cc2c1)c1ccccc1n3-c1ccc2oc3ccccc3c2c1-c1nc(-c2cccc3oc4ccccc4c23)nc(-c2cccc3oc4ccccc4c23)n1. The second-order valence-corrected chi connectivity index (χ2v) is 15.9. The molecule has 14 aromatic rings. The van der Waals surface area contributed by atoms with E-state index in [2.05, 4.69) is 114 Å². The van der Waals surface area contributed by atoms with E-state index in [1.807, 2.05) is 72.8 Å². The highest BCUT2D eigenvalue weighted by atomic mass is 16.3. The van der Waals surface area contributed by atoms with E-state index in [9.17, 15) is 0 Å². The zero-order valence-corrected chi connectivity index (χ0v) is 32.8. The molecule has 62 heavy (non-hydrogen) atoms. The maximum Gasteiger partial charge on any atom is 0.166 e. The fraction of sp³-hybridized carbons (Fsp3) is 0. The first-order chi connectivity index (χ1) is 30.7. The Bertz CT molecular complexity index is 4060. The van der Waals surface area contributed by atoms with Crippen LogP contribution >= 0.6 is 0 Å². The molecule has 0 aliphatic heterocycles. The normalized spacial score (nSPS) is 12.2. The van der Waals surface area contributed by atoms with Crippen molar-refractivity contribution in [2.75, 3.05) is 0 Å². The van der Waals surface area contributed by atoms with E-state index in [1.54, 1.807) is 0 Å². The number of aromatic nitrogens is 4. The van der Waals surface area contributed by atoms with Crippen LogP contribution in [0.4, 0.5) is 0 Å². The van der Waals surface area contributed by atoms with Gasteiger partial charge in [0.15, 0.2) is 17.5 Å². The summed E-state index contributed by atoms with van der Waals surface area (Å²) < 4.78 is 21.8. The van der Waals surface area contributed by atoms with Gasteiger partial charge in [-0.05, 0) is 71.4 Å². The van der Waals surface area contributed by atoms with Gasteiger partial charge in [0.25, 0.3) is 0 Å². The number of nitrogens with zero attached hydrogens (tertiary/aromatic N) is 4. The highest BCUT2D eigenvalue weighted by Gasteiger charge is 2.26. The molecule has 5 aromatic heterocycles. The van der Waals surface area contributed by atoms with Crippen molar-refractivity contribution in [1.82, 2.24) is 19.5 Å². The lowest BCUT2D eigenvalue weighted by Crippen LogP contribution is -2.04. The summed E-state index contributed by atoms with van der Waals surface area (Å²) in [6, 6.07) is 62.6. The standard InChI is InChI=1S/C55H30N4O3/c1-2-14-32-30-42-39(29-31(32)13-1)33-15-3-7-21-40(33)59(42)41-27-28-48-51(36-18-6-10-24-45(36)62-48)52(41)55-57-53(37-19-11-25-46-49(37)34-16-4-8-22-43(34)60-46)56-54(58-55)38-20-12-26-47-50(38)35-17-5-9-23-44(35)61-47/h1-30H. The van der Waals surface area contributed by atoms with E-state index in [0.717, 1.165) is 115 Å². The van der Waals surface area contributed by atoms with E-state index in [-0.39, 0.29) is 0 Å². The van der Waals surface area contributed by atoms with Crippen molar-refractivity contribution in [3.63, 3.8) is 0 Å². The highest BCUT2D eigenvalue weighted by molar-refractivity contribution is 6.18. The summed E-state index contributed by atoms with van der Waals surface area (Å²) in [4.78, 5) is 16.5. The molecule has 0 N–H and O–H groups in total. The number of furan rings is 3. The molecule has 0 aliphatic rings. The van der Waals surface area contributed by atoms with Gasteiger partial charge in [-0.1, -0.05) is 121 Å². The molecule has 0 fully saturated rings. The zero-order chi connectivity index (χ0) is 40.5. The van der Waals surface area contributed by atoms with E-state index in [1.165, 1.54) is 5.39 Å². The Labute approximate surface area is 351 Å². The highest BCUT2D eigenvalue weighted by Crippen LogP contribution is 2.45. The number of benzene rings is 9. The summed E-state index contributed by atoms with van der Waals surface area (Å²) >= 11 is 0. The molecular weight excluding hydrogens is 765 g/mol. The molecule has 0 amide bonds. The third-order valence-corrected chi connectivity index (χ3v) is 12.4. The molecule has 0 saturated heterocycles. The van der Waals surface area contributed by atoms with Crippen LogP contribution in [0.15, 0.2) is 195 Å². The first-order valence-corrected chi connectivity index (χ1v) is 20.7. The Hall–Kier alpha value is -8.55. The van der Waals surface area contributed by atoms with Crippen LogP contribution in [0.3, 0.4) is 0 Å². The smallest absolute Gasteiger partial charge is 0.166 e. The molecule has 0 spiro atoms. The molecule has 7 nitrogen and oxygen atoms in total. The van der Waals surface area contributed by atoms with Crippen molar-refractivity contribution >= 4 is 98.4 Å². The van der Waals surface area contributed by atoms with Crippen LogP contribution in [0.1, 0.15) is 0 Å². The predicted octanol–water partition coefficient (Wildman–Crippen LogP) is 14.8. The van der Waals surface area contributed by atoms with Crippen molar-refractivity contribution in [3.05, 3.63) is 182 Å². The molecule has 0 radical (unpaired) electrons. The van der Waals surface area contributed by atoms with Crippen molar-refractivity contribution in [3.8, 4) is 39.9 Å². The topological polar surface area (TPSA) is 83.0 Å². The summed E-state index contributed by atoms with van der Waals surface area (Å²) in [7, 11) is 0. The largest absolute Gasteiger partial charge is 0.456 e. The molecule has 0 bridgehead atoms. The van der Waals surface area contributed by atoms with Gasteiger partial charge in [-0.25, -0.2) is 15.0 Å². The van der Waals surface area contributed by atoms with E-state index in [0.29, 0.717) is 17.5 Å². The van der Waals surface area contributed by atoms with Crippen molar-refractivity contribution in [1.29, 1.82) is 0 Å². The van der Waals surface area contributed by atoms with Crippen molar-refractivity contribution in [2.45, 2.75) is 0 Å². The Kier molecular flexibility index (Phi) is 6.71. The summed E-state index contributed by atoms with van der Waals surface area (Å²) in [5, 5.41) is 10.4. The Morgan fingerprint density at radius 3 is 1.40 bits per heavy atom. The minimum atomic E-state index is 0.512. The van der Waals surface area contributed by atoms with Crippen LogP contribution < -0.4 is 0 Å². The Morgan fingerprint density at radius 1 is 0.323 bits per heavy atom. The summed E-state index contributed by atoms with van der Waals surface area (Å²) in [6.45, 7) is 0. The number of hydrogen-bond donors (Lipinski definition) is 0. The maximum atomic E-state index is 6.63. The summed E-state index contributed by atoms with van der Waals surface area (Å²) in [5.74, 6) is 1.56. The fourth-order valence-corrected chi connectivity index (χ4v) is 9.78. The lowest BCUT2D eigenvalue weighted by atomic mass is 10.0. The van der Waals surface area contributed by atoms with Crippen LogP contribution in [-0.2, 0) is 0 Å². The monoisotopic (exact) mass is 794 g/mol. The van der Waals surface area contributed by atoms with Crippen LogP contribution in [0.25, 0.3) is 138 Å². The van der Waals surface area contributed by atoms with Gasteiger partial charge in [-0.3, -0.25) is 0 Å². The molecule has 5 heterocycles. The van der Waals surface area contributed by atoms with Crippen LogP contribution in [0, 0.1) is 0 Å². The zero-order valence-electron chi connectivity index (χ0n) is 32.8. The van der Waals surface area contributed by atoms with Gasteiger partial charge in [-0.2, -0.15) is 0 Å². The molecule has 0 unspecified atom stereocenters. The molecule has 9 aromatic carbocycles. The average molecular weight is 795 g/mol. The minimum absolute atomic E-state index is 0.512. The minimum Gasteiger partial charge on any atom is -0.456 e. The van der Waals surface area contributed by atoms with Gasteiger partial charge in [0.2, 0.25) is 0 Å². The van der Waals surface area contributed by atoms with Gasteiger partial charge in [0.1, 0.15) is 33.5 Å². The van der Waals surface area contributed by atoms with Crippen LogP contribution in [0.2, 0.25) is 0 Å². The number of para-hydroxylation sites is 4.